The molecular formula is C9H11NO. The topological polar surface area (TPSA) is 35.2 Å². The van der Waals surface area contributed by atoms with Gasteiger partial charge in [-0.2, -0.15) is 0 Å². The van der Waals surface area contributed by atoms with Gasteiger partial charge in [-0.1, -0.05) is 12.7 Å². The van der Waals surface area contributed by atoms with Crippen molar-refractivity contribution in [2.24, 2.45) is 0 Å². The van der Waals surface area contributed by atoms with Crippen molar-refractivity contribution in [3.05, 3.63) is 30.3 Å². The van der Waals surface area contributed by atoms with E-state index in [9.17, 15) is 0 Å². The molecule has 0 radical (unpaired) electrons. The van der Waals surface area contributed by atoms with Crippen LogP contribution in [0.5, 0.6) is 5.75 Å². The second kappa shape index (κ2) is 3.10. The van der Waals surface area contributed by atoms with Gasteiger partial charge in [0.2, 0.25) is 0 Å². The highest BCUT2D eigenvalue weighted by atomic mass is 16.5. The van der Waals surface area contributed by atoms with E-state index in [2.05, 4.69) is 6.58 Å². The molecule has 1 rings (SSSR count). The summed E-state index contributed by atoms with van der Waals surface area (Å²) in [5.41, 5.74) is 7.20. The maximum atomic E-state index is 5.54. The maximum absolute atomic E-state index is 5.54. The molecule has 0 aliphatic carbocycles. The van der Waals surface area contributed by atoms with E-state index in [1.54, 1.807) is 19.3 Å². The lowest BCUT2D eigenvalue weighted by Crippen LogP contribution is -1.90. The molecule has 1 aromatic rings. The number of anilines is 1. The third-order valence-corrected chi connectivity index (χ3v) is 1.48. The van der Waals surface area contributed by atoms with Crippen molar-refractivity contribution in [1.82, 2.24) is 0 Å². The summed E-state index contributed by atoms with van der Waals surface area (Å²) < 4.78 is 5.07. The predicted octanol–water partition coefficient (Wildman–Crippen LogP) is 1.92. The number of nitrogens with two attached hydrogens (primary N) is 1. The number of rotatable bonds is 2. The van der Waals surface area contributed by atoms with Gasteiger partial charge in [-0.05, 0) is 12.1 Å². The summed E-state index contributed by atoms with van der Waals surface area (Å²) in [6.45, 7) is 3.65. The summed E-state index contributed by atoms with van der Waals surface area (Å²) in [6.07, 6.45) is 1.73. The predicted molar refractivity (Wildman–Crippen MR) is 47.5 cm³/mol. The van der Waals surface area contributed by atoms with E-state index in [4.69, 9.17) is 10.5 Å². The maximum Gasteiger partial charge on any atom is 0.128 e. The van der Waals surface area contributed by atoms with Gasteiger partial charge >= 0.3 is 0 Å². The first-order valence-electron chi connectivity index (χ1n) is 3.34. The van der Waals surface area contributed by atoms with E-state index in [0.717, 1.165) is 11.3 Å². The normalized spacial score (nSPS) is 9.18. The van der Waals surface area contributed by atoms with Crippen molar-refractivity contribution < 1.29 is 4.74 Å². The van der Waals surface area contributed by atoms with Crippen LogP contribution in [0.4, 0.5) is 5.69 Å². The Morgan fingerprint density at radius 1 is 1.55 bits per heavy atom. The Morgan fingerprint density at radius 3 is 2.82 bits per heavy atom. The highest BCUT2D eigenvalue weighted by molar-refractivity contribution is 5.60. The standard InChI is InChI=1S/C9H11NO/c1-3-7-4-5-8(10)6-9(7)11-2/h3-6H,1,10H2,2H3. The summed E-state index contributed by atoms with van der Waals surface area (Å²) in [5.74, 6) is 0.764. The molecule has 2 nitrogen and oxygen atoms in total. The molecule has 0 saturated heterocycles. The third-order valence-electron chi connectivity index (χ3n) is 1.48. The zero-order valence-corrected chi connectivity index (χ0v) is 6.50. The summed E-state index contributed by atoms with van der Waals surface area (Å²) in [5, 5.41) is 0. The Morgan fingerprint density at radius 2 is 2.27 bits per heavy atom. The zero-order valence-electron chi connectivity index (χ0n) is 6.50. The number of ether oxygens (including phenoxy) is 1. The number of methoxy groups -OCH3 is 1. The summed E-state index contributed by atoms with van der Waals surface area (Å²) in [6, 6.07) is 5.47. The van der Waals surface area contributed by atoms with Crippen LogP contribution in [-0.2, 0) is 0 Å². The van der Waals surface area contributed by atoms with Crippen molar-refractivity contribution in [3.63, 3.8) is 0 Å². The monoisotopic (exact) mass is 149 g/mol. The number of hydrogen-bond acceptors (Lipinski definition) is 2. The minimum Gasteiger partial charge on any atom is -0.496 e. The van der Waals surface area contributed by atoms with Gasteiger partial charge in [0, 0.05) is 17.3 Å². The van der Waals surface area contributed by atoms with Crippen molar-refractivity contribution in [2.45, 2.75) is 0 Å². The van der Waals surface area contributed by atoms with Gasteiger partial charge < -0.3 is 10.5 Å². The van der Waals surface area contributed by atoms with Gasteiger partial charge in [-0.3, -0.25) is 0 Å². The molecule has 0 aliphatic heterocycles. The molecule has 0 aromatic heterocycles. The van der Waals surface area contributed by atoms with E-state index in [1.807, 2.05) is 12.1 Å². The average Bonchev–Trinajstić information content (AvgIpc) is 2.04. The first-order chi connectivity index (χ1) is 5.27. The molecule has 0 bridgehead atoms. The lowest BCUT2D eigenvalue weighted by atomic mass is 10.2. The van der Waals surface area contributed by atoms with Crippen LogP contribution in [-0.4, -0.2) is 7.11 Å². The molecule has 0 atom stereocenters. The van der Waals surface area contributed by atoms with E-state index in [1.165, 1.54) is 0 Å². The second-order valence-electron chi connectivity index (χ2n) is 2.21. The first-order valence-corrected chi connectivity index (χ1v) is 3.34. The van der Waals surface area contributed by atoms with Crippen LogP contribution >= 0.6 is 0 Å². The molecule has 0 spiro atoms. The third kappa shape index (κ3) is 1.52. The molecule has 58 valence electrons. The molecule has 0 aliphatic rings. The summed E-state index contributed by atoms with van der Waals surface area (Å²) >= 11 is 0. The lowest BCUT2D eigenvalue weighted by Gasteiger charge is -2.04. The van der Waals surface area contributed by atoms with E-state index in [-0.39, 0.29) is 0 Å². The zero-order chi connectivity index (χ0) is 8.27. The van der Waals surface area contributed by atoms with Gasteiger partial charge in [-0.15, -0.1) is 0 Å². The average molecular weight is 149 g/mol. The molecule has 0 fully saturated rings. The van der Waals surface area contributed by atoms with Gasteiger partial charge in [-0.25, -0.2) is 0 Å². The molecule has 0 heterocycles. The first kappa shape index (κ1) is 7.66. The van der Waals surface area contributed by atoms with Crippen LogP contribution in [0, 0.1) is 0 Å². The van der Waals surface area contributed by atoms with Crippen molar-refractivity contribution in [3.8, 4) is 5.75 Å². The SMILES string of the molecule is C=Cc1ccc(N)cc1OC. The number of hydrogen-bond donors (Lipinski definition) is 1. The van der Waals surface area contributed by atoms with Gasteiger partial charge in [0.05, 0.1) is 7.11 Å². The number of nitrogen functional groups attached to an aromatic ring is 1. The molecule has 0 saturated carbocycles. The van der Waals surface area contributed by atoms with Crippen molar-refractivity contribution >= 4 is 11.8 Å². The van der Waals surface area contributed by atoms with Crippen LogP contribution in [0.15, 0.2) is 24.8 Å². The molecule has 1 aromatic carbocycles. The highest BCUT2D eigenvalue weighted by Crippen LogP contribution is 2.21. The molecule has 0 unspecified atom stereocenters. The van der Waals surface area contributed by atoms with Crippen LogP contribution < -0.4 is 10.5 Å². The Balaban J connectivity index is 3.16. The summed E-state index contributed by atoms with van der Waals surface area (Å²) in [4.78, 5) is 0. The summed E-state index contributed by atoms with van der Waals surface area (Å²) in [7, 11) is 1.61. The fourth-order valence-electron chi connectivity index (χ4n) is 0.896. The smallest absolute Gasteiger partial charge is 0.128 e. The Kier molecular flexibility index (Phi) is 2.16. The second-order valence-corrected chi connectivity index (χ2v) is 2.21. The number of benzene rings is 1. The van der Waals surface area contributed by atoms with Crippen LogP contribution in [0.1, 0.15) is 5.56 Å². The Hall–Kier alpha value is -1.44. The molecule has 2 N–H and O–H groups in total. The fourth-order valence-corrected chi connectivity index (χ4v) is 0.896. The highest BCUT2D eigenvalue weighted by Gasteiger charge is 1.97. The van der Waals surface area contributed by atoms with Crippen LogP contribution in [0.25, 0.3) is 6.08 Å². The van der Waals surface area contributed by atoms with E-state index >= 15 is 0 Å². The van der Waals surface area contributed by atoms with Crippen LogP contribution in [0.3, 0.4) is 0 Å². The van der Waals surface area contributed by atoms with Crippen molar-refractivity contribution in [1.29, 1.82) is 0 Å². The lowest BCUT2D eigenvalue weighted by molar-refractivity contribution is 0.414. The van der Waals surface area contributed by atoms with Crippen molar-refractivity contribution in [2.75, 3.05) is 12.8 Å². The fraction of sp³-hybridized carbons (Fsp3) is 0.111. The van der Waals surface area contributed by atoms with E-state index in [0.29, 0.717) is 5.69 Å². The van der Waals surface area contributed by atoms with Crippen LogP contribution in [0.2, 0.25) is 0 Å². The minimum absolute atomic E-state index is 0.701. The Labute approximate surface area is 66.3 Å². The van der Waals surface area contributed by atoms with E-state index < -0.39 is 0 Å². The molecule has 0 amide bonds. The van der Waals surface area contributed by atoms with Gasteiger partial charge in [0.25, 0.3) is 0 Å². The quantitative estimate of drug-likeness (QED) is 0.652. The molecule has 2 heteroatoms. The largest absolute Gasteiger partial charge is 0.496 e. The molecular weight excluding hydrogens is 138 g/mol. The minimum atomic E-state index is 0.701. The Bertz CT molecular complexity index is 268. The molecule has 11 heavy (non-hydrogen) atoms. The van der Waals surface area contributed by atoms with Gasteiger partial charge in [0.1, 0.15) is 5.75 Å². The van der Waals surface area contributed by atoms with Gasteiger partial charge in [0.15, 0.2) is 0 Å².